The lowest BCUT2D eigenvalue weighted by Gasteiger charge is -2.24. The van der Waals surface area contributed by atoms with E-state index in [9.17, 15) is 19.7 Å². The molecule has 164 valence electrons. The van der Waals surface area contributed by atoms with Gasteiger partial charge in [-0.05, 0) is 41.8 Å². The van der Waals surface area contributed by atoms with Gasteiger partial charge in [0.05, 0.1) is 13.0 Å². The Kier molecular flexibility index (Phi) is 7.70. The molecule has 0 saturated heterocycles. The lowest BCUT2D eigenvalue weighted by Crippen LogP contribution is -2.36. The van der Waals surface area contributed by atoms with Crippen LogP contribution in [0.4, 0.5) is 5.69 Å². The van der Waals surface area contributed by atoms with E-state index >= 15 is 0 Å². The maximum Gasteiger partial charge on any atom is 0.292 e. The van der Waals surface area contributed by atoms with E-state index < -0.39 is 35.0 Å². The number of rotatable bonds is 10. The van der Waals surface area contributed by atoms with E-state index in [1.54, 1.807) is 54.6 Å². The van der Waals surface area contributed by atoms with Gasteiger partial charge in [0.15, 0.2) is 0 Å². The van der Waals surface area contributed by atoms with Crippen molar-refractivity contribution < 1.29 is 19.2 Å². The van der Waals surface area contributed by atoms with E-state index in [0.29, 0.717) is 17.0 Å². The van der Waals surface area contributed by atoms with Crippen molar-refractivity contribution in [3.8, 4) is 5.75 Å². The molecule has 32 heavy (non-hydrogen) atoms. The lowest BCUT2D eigenvalue weighted by molar-refractivity contribution is -0.484. The summed E-state index contributed by atoms with van der Waals surface area (Å²) in [4.78, 5) is 37.2. The summed E-state index contributed by atoms with van der Waals surface area (Å²) in [6.07, 6.45) is 0.201. The molecule has 0 heterocycles. The molecule has 0 aliphatic heterocycles. The second-order valence-electron chi connectivity index (χ2n) is 7.38. The highest BCUT2D eigenvalue weighted by atomic mass is 16.6. The fourth-order valence-corrected chi connectivity index (χ4v) is 3.64. The van der Waals surface area contributed by atoms with Crippen molar-refractivity contribution in [1.29, 1.82) is 0 Å². The first kappa shape index (κ1) is 22.7. The lowest BCUT2D eigenvalue weighted by atomic mass is 9.79. The number of methoxy groups -OCH3 is 1. The van der Waals surface area contributed by atoms with Gasteiger partial charge in [0.1, 0.15) is 5.75 Å². The summed E-state index contributed by atoms with van der Waals surface area (Å²) in [6.45, 7) is -0.478. The number of benzene rings is 3. The third kappa shape index (κ3) is 6.01. The molecule has 0 fully saturated rings. The average Bonchev–Trinajstić information content (AvgIpc) is 2.82. The molecule has 7 nitrogen and oxygen atoms in total. The van der Waals surface area contributed by atoms with Crippen LogP contribution in [0.2, 0.25) is 0 Å². The number of carbonyl (C=O) groups is 2. The zero-order chi connectivity index (χ0) is 22.9. The number of carbonyl (C=O) groups excluding carboxylic acids is 2. The quantitative estimate of drug-likeness (QED) is 0.295. The Bertz CT molecular complexity index is 1050. The number of ether oxygens (including phenoxy) is 1. The van der Waals surface area contributed by atoms with Crippen LogP contribution >= 0.6 is 0 Å². The highest BCUT2D eigenvalue weighted by molar-refractivity contribution is 6.41. The van der Waals surface area contributed by atoms with E-state index in [2.05, 4.69) is 5.32 Å². The second-order valence-corrected chi connectivity index (χ2v) is 7.38. The van der Waals surface area contributed by atoms with Gasteiger partial charge in [0, 0.05) is 16.5 Å². The van der Waals surface area contributed by atoms with Gasteiger partial charge in [-0.15, -0.1) is 0 Å². The minimum atomic E-state index is -0.917. The van der Waals surface area contributed by atoms with Crippen LogP contribution < -0.4 is 10.1 Å². The Morgan fingerprint density at radius 1 is 0.938 bits per heavy atom. The van der Waals surface area contributed by atoms with Gasteiger partial charge in [-0.25, -0.2) is 0 Å². The van der Waals surface area contributed by atoms with Crippen LogP contribution in [0.15, 0.2) is 84.9 Å². The molecule has 1 amide bonds. The fraction of sp³-hybridized carbons (Fsp3) is 0.200. The average molecular weight is 432 g/mol. The standard InChI is InChI=1S/C25H24N2O5/c1-32-21-14-12-19(13-15-21)23(17-27(30)31)22(16-18-8-4-2-5-9-18)24(28)25(29)26-20-10-6-3-7-11-20/h2-15,22-23H,16-17H2,1H3,(H,26,29)/t22-,23-/m1/s1. The number of amides is 1. The van der Waals surface area contributed by atoms with Crippen molar-refractivity contribution >= 4 is 17.4 Å². The highest BCUT2D eigenvalue weighted by Gasteiger charge is 2.36. The molecule has 3 rings (SSSR count). The predicted molar refractivity (Wildman–Crippen MR) is 121 cm³/mol. The highest BCUT2D eigenvalue weighted by Crippen LogP contribution is 2.31. The van der Waals surface area contributed by atoms with Gasteiger partial charge in [-0.3, -0.25) is 19.7 Å². The minimum absolute atomic E-state index is 0.201. The molecule has 0 spiro atoms. The third-order valence-corrected chi connectivity index (χ3v) is 5.27. The monoisotopic (exact) mass is 432 g/mol. The third-order valence-electron chi connectivity index (χ3n) is 5.27. The second kappa shape index (κ2) is 10.9. The summed E-state index contributed by atoms with van der Waals surface area (Å²) in [6, 6.07) is 24.6. The van der Waals surface area contributed by atoms with Gasteiger partial charge in [-0.1, -0.05) is 60.7 Å². The summed E-state index contributed by atoms with van der Waals surface area (Å²) < 4.78 is 5.17. The molecule has 0 aliphatic rings. The molecule has 3 aromatic carbocycles. The van der Waals surface area contributed by atoms with Crippen molar-refractivity contribution in [1.82, 2.24) is 0 Å². The fourth-order valence-electron chi connectivity index (χ4n) is 3.64. The van der Waals surface area contributed by atoms with Crippen LogP contribution in [-0.4, -0.2) is 30.3 Å². The Balaban J connectivity index is 1.96. The van der Waals surface area contributed by atoms with Gasteiger partial charge < -0.3 is 10.1 Å². The largest absolute Gasteiger partial charge is 0.497 e. The zero-order valence-electron chi connectivity index (χ0n) is 17.6. The van der Waals surface area contributed by atoms with Crippen LogP contribution in [0.5, 0.6) is 5.75 Å². The van der Waals surface area contributed by atoms with Crippen LogP contribution in [0.1, 0.15) is 17.0 Å². The van der Waals surface area contributed by atoms with Crippen LogP contribution in [0.3, 0.4) is 0 Å². The Morgan fingerprint density at radius 2 is 1.53 bits per heavy atom. The first-order valence-electron chi connectivity index (χ1n) is 10.2. The Labute approximate surface area is 186 Å². The number of anilines is 1. The molecular formula is C25H24N2O5. The number of ketones is 1. The Hall–Kier alpha value is -4.00. The number of hydrogen-bond acceptors (Lipinski definition) is 5. The number of nitrogens with one attached hydrogen (secondary N) is 1. The normalized spacial score (nSPS) is 12.4. The molecule has 0 aromatic heterocycles. The summed E-state index contributed by atoms with van der Waals surface area (Å²) in [5, 5.41) is 14.1. The van der Waals surface area contributed by atoms with Crippen molar-refractivity contribution in [2.24, 2.45) is 5.92 Å². The summed E-state index contributed by atoms with van der Waals surface area (Å²) in [5.41, 5.74) is 1.91. The topological polar surface area (TPSA) is 98.5 Å². The van der Waals surface area contributed by atoms with Gasteiger partial charge in [0.2, 0.25) is 12.3 Å². The molecule has 7 heteroatoms. The van der Waals surface area contributed by atoms with E-state index in [4.69, 9.17) is 4.74 Å². The van der Waals surface area contributed by atoms with Gasteiger partial charge >= 0.3 is 0 Å². The first-order valence-corrected chi connectivity index (χ1v) is 10.2. The van der Waals surface area contributed by atoms with Crippen LogP contribution in [0, 0.1) is 16.0 Å². The van der Waals surface area contributed by atoms with Crippen LogP contribution in [0.25, 0.3) is 0 Å². The minimum Gasteiger partial charge on any atom is -0.497 e. The van der Waals surface area contributed by atoms with Crippen LogP contribution in [-0.2, 0) is 16.0 Å². The molecule has 0 aliphatic carbocycles. The number of hydrogen-bond donors (Lipinski definition) is 1. The van der Waals surface area contributed by atoms with E-state index in [-0.39, 0.29) is 6.42 Å². The van der Waals surface area contributed by atoms with Crippen molar-refractivity contribution in [3.63, 3.8) is 0 Å². The maximum atomic E-state index is 13.3. The summed E-state index contributed by atoms with van der Waals surface area (Å²) >= 11 is 0. The predicted octanol–water partition coefficient (Wildman–Crippen LogP) is 4.12. The van der Waals surface area contributed by atoms with E-state index in [1.165, 1.54) is 7.11 Å². The van der Waals surface area contributed by atoms with Gasteiger partial charge in [0.25, 0.3) is 5.91 Å². The molecule has 0 saturated carbocycles. The van der Waals surface area contributed by atoms with E-state index in [1.807, 2.05) is 30.3 Å². The first-order chi connectivity index (χ1) is 15.5. The number of Topliss-reactive ketones (excluding diaryl/α,β-unsaturated/α-hetero) is 1. The van der Waals surface area contributed by atoms with Crippen molar-refractivity contribution in [3.05, 3.63) is 106 Å². The Morgan fingerprint density at radius 3 is 2.09 bits per heavy atom. The number of para-hydroxylation sites is 1. The van der Waals surface area contributed by atoms with Crippen molar-refractivity contribution in [2.45, 2.75) is 12.3 Å². The van der Waals surface area contributed by atoms with Crippen molar-refractivity contribution in [2.75, 3.05) is 19.0 Å². The smallest absolute Gasteiger partial charge is 0.292 e. The molecule has 0 unspecified atom stereocenters. The summed E-state index contributed by atoms with van der Waals surface area (Å²) in [5.74, 6) is -2.59. The number of nitro groups is 1. The maximum absolute atomic E-state index is 13.3. The molecular weight excluding hydrogens is 408 g/mol. The van der Waals surface area contributed by atoms with Gasteiger partial charge in [-0.2, -0.15) is 0 Å². The zero-order valence-corrected chi connectivity index (χ0v) is 17.6. The molecule has 2 atom stereocenters. The number of nitrogens with zero attached hydrogens (tertiary/aromatic N) is 1. The molecule has 3 aromatic rings. The molecule has 1 N–H and O–H groups in total. The SMILES string of the molecule is COc1ccc([C@@H](C[N+](=O)[O-])[C@@H](Cc2ccccc2)C(=O)C(=O)Nc2ccccc2)cc1. The summed E-state index contributed by atoms with van der Waals surface area (Å²) in [7, 11) is 1.53. The van der Waals surface area contributed by atoms with E-state index in [0.717, 1.165) is 5.56 Å². The molecule has 0 radical (unpaired) electrons. The molecule has 0 bridgehead atoms.